The van der Waals surface area contributed by atoms with Crippen LogP contribution in [0.25, 0.3) is 0 Å². The fourth-order valence-corrected chi connectivity index (χ4v) is 2.85. The number of ether oxygens (including phenoxy) is 1. The molecule has 106 valence electrons. The standard InChI is InChI=1S/C16H21N3O/c1-11-13(10-18-19-11)9-17-14-7-12(8-14)15-5-3-4-6-16(15)20-2/h3-6,10,12,14,17H,7-9H2,1-2H3,(H,18,19). The molecule has 3 rings (SSSR count). The van der Waals surface area contributed by atoms with Crippen LogP contribution in [-0.2, 0) is 6.54 Å². The number of aromatic amines is 1. The highest BCUT2D eigenvalue weighted by atomic mass is 16.5. The lowest BCUT2D eigenvalue weighted by Gasteiger charge is -2.37. The van der Waals surface area contributed by atoms with Crippen molar-refractivity contribution in [1.82, 2.24) is 15.5 Å². The van der Waals surface area contributed by atoms with E-state index in [9.17, 15) is 0 Å². The molecule has 1 saturated carbocycles. The average molecular weight is 271 g/mol. The Labute approximate surface area is 119 Å². The summed E-state index contributed by atoms with van der Waals surface area (Å²) in [7, 11) is 1.74. The SMILES string of the molecule is COc1ccccc1C1CC(NCc2cn[nH]c2C)C1. The number of para-hydroxylation sites is 1. The van der Waals surface area contributed by atoms with Gasteiger partial charge in [-0.1, -0.05) is 18.2 Å². The number of nitrogens with one attached hydrogen (secondary N) is 2. The van der Waals surface area contributed by atoms with Gasteiger partial charge in [-0.2, -0.15) is 5.10 Å². The van der Waals surface area contributed by atoms with Gasteiger partial charge < -0.3 is 10.1 Å². The summed E-state index contributed by atoms with van der Waals surface area (Å²) in [5.41, 5.74) is 3.75. The van der Waals surface area contributed by atoms with Crippen molar-refractivity contribution >= 4 is 0 Å². The Hall–Kier alpha value is -1.81. The van der Waals surface area contributed by atoms with Gasteiger partial charge >= 0.3 is 0 Å². The van der Waals surface area contributed by atoms with Crippen LogP contribution in [-0.4, -0.2) is 23.3 Å². The largest absolute Gasteiger partial charge is 0.496 e. The molecule has 4 heteroatoms. The van der Waals surface area contributed by atoms with E-state index < -0.39 is 0 Å². The van der Waals surface area contributed by atoms with E-state index in [1.54, 1.807) is 7.11 Å². The predicted octanol–water partition coefficient (Wildman–Crippen LogP) is 2.76. The highest BCUT2D eigenvalue weighted by molar-refractivity contribution is 5.37. The topological polar surface area (TPSA) is 49.9 Å². The summed E-state index contributed by atoms with van der Waals surface area (Å²) in [5.74, 6) is 1.63. The molecule has 0 aliphatic heterocycles. The summed E-state index contributed by atoms with van der Waals surface area (Å²) in [5, 5.41) is 10.6. The van der Waals surface area contributed by atoms with Gasteiger partial charge in [0, 0.05) is 23.8 Å². The normalized spacial score (nSPS) is 21.5. The summed E-state index contributed by atoms with van der Waals surface area (Å²) in [6, 6.07) is 8.94. The first-order valence-electron chi connectivity index (χ1n) is 7.13. The van der Waals surface area contributed by atoms with Crippen molar-refractivity contribution in [3.8, 4) is 5.75 Å². The Morgan fingerprint density at radius 3 is 2.85 bits per heavy atom. The lowest BCUT2D eigenvalue weighted by atomic mass is 9.75. The molecule has 2 aromatic rings. The highest BCUT2D eigenvalue weighted by Crippen LogP contribution is 2.40. The minimum Gasteiger partial charge on any atom is -0.496 e. The molecule has 0 spiro atoms. The summed E-state index contributed by atoms with van der Waals surface area (Å²) < 4.78 is 5.44. The Bertz CT molecular complexity index is 573. The van der Waals surface area contributed by atoms with E-state index in [0.29, 0.717) is 12.0 Å². The molecule has 1 aromatic heterocycles. The van der Waals surface area contributed by atoms with Crippen LogP contribution in [0.4, 0.5) is 0 Å². The van der Waals surface area contributed by atoms with Crippen LogP contribution in [0.3, 0.4) is 0 Å². The number of aromatic nitrogens is 2. The number of H-pyrrole nitrogens is 1. The highest BCUT2D eigenvalue weighted by Gasteiger charge is 2.31. The van der Waals surface area contributed by atoms with Crippen LogP contribution >= 0.6 is 0 Å². The van der Waals surface area contributed by atoms with Gasteiger partial charge in [0.05, 0.1) is 13.3 Å². The number of methoxy groups -OCH3 is 1. The van der Waals surface area contributed by atoms with Gasteiger partial charge in [0.2, 0.25) is 0 Å². The molecule has 0 amide bonds. The molecular formula is C16H21N3O. The van der Waals surface area contributed by atoms with Crippen molar-refractivity contribution in [1.29, 1.82) is 0 Å². The van der Waals surface area contributed by atoms with Crippen molar-refractivity contribution in [2.75, 3.05) is 7.11 Å². The second-order valence-electron chi connectivity index (χ2n) is 5.51. The molecule has 0 atom stereocenters. The molecular weight excluding hydrogens is 250 g/mol. The van der Waals surface area contributed by atoms with Crippen molar-refractivity contribution in [2.24, 2.45) is 0 Å². The van der Waals surface area contributed by atoms with Crippen molar-refractivity contribution in [3.63, 3.8) is 0 Å². The Morgan fingerprint density at radius 2 is 2.15 bits per heavy atom. The predicted molar refractivity (Wildman–Crippen MR) is 78.9 cm³/mol. The fourth-order valence-electron chi connectivity index (χ4n) is 2.85. The Balaban J connectivity index is 1.53. The second kappa shape index (κ2) is 5.67. The maximum absolute atomic E-state index is 5.44. The third kappa shape index (κ3) is 2.56. The second-order valence-corrected chi connectivity index (χ2v) is 5.51. The maximum atomic E-state index is 5.44. The summed E-state index contributed by atoms with van der Waals surface area (Å²) in [6.45, 7) is 2.95. The molecule has 0 saturated heterocycles. The van der Waals surface area contributed by atoms with Crippen LogP contribution in [0.2, 0.25) is 0 Å². The van der Waals surface area contributed by atoms with Gasteiger partial charge in [-0.3, -0.25) is 5.10 Å². The van der Waals surface area contributed by atoms with Crippen molar-refractivity contribution in [3.05, 3.63) is 47.3 Å². The van der Waals surface area contributed by atoms with E-state index in [0.717, 1.165) is 18.0 Å². The fraction of sp³-hybridized carbons (Fsp3) is 0.438. The number of rotatable bonds is 5. The van der Waals surface area contributed by atoms with E-state index in [2.05, 4.69) is 34.6 Å². The van der Waals surface area contributed by atoms with Crippen LogP contribution in [0.15, 0.2) is 30.5 Å². The monoisotopic (exact) mass is 271 g/mol. The summed E-state index contributed by atoms with van der Waals surface area (Å²) in [6.07, 6.45) is 4.26. The first kappa shape index (κ1) is 13.2. The van der Waals surface area contributed by atoms with Crippen LogP contribution < -0.4 is 10.1 Å². The molecule has 0 unspecified atom stereocenters. The average Bonchev–Trinajstić information content (AvgIpc) is 2.83. The van der Waals surface area contributed by atoms with E-state index in [4.69, 9.17) is 4.74 Å². The molecule has 2 N–H and O–H groups in total. The molecule has 1 aromatic carbocycles. The van der Waals surface area contributed by atoms with E-state index >= 15 is 0 Å². The number of hydrogen-bond acceptors (Lipinski definition) is 3. The molecule has 1 heterocycles. The lowest BCUT2D eigenvalue weighted by Crippen LogP contribution is -2.39. The Kier molecular flexibility index (Phi) is 3.74. The summed E-state index contributed by atoms with van der Waals surface area (Å²) in [4.78, 5) is 0. The van der Waals surface area contributed by atoms with Crippen LogP contribution in [0.5, 0.6) is 5.75 Å². The van der Waals surface area contributed by atoms with Gasteiger partial charge in [0.1, 0.15) is 5.75 Å². The van der Waals surface area contributed by atoms with Crippen LogP contribution in [0.1, 0.15) is 35.6 Å². The third-order valence-electron chi connectivity index (χ3n) is 4.23. The summed E-state index contributed by atoms with van der Waals surface area (Å²) >= 11 is 0. The molecule has 0 radical (unpaired) electrons. The number of hydrogen-bond donors (Lipinski definition) is 2. The number of nitrogens with zero attached hydrogens (tertiary/aromatic N) is 1. The van der Waals surface area contributed by atoms with Crippen molar-refractivity contribution < 1.29 is 4.74 Å². The van der Waals surface area contributed by atoms with E-state index in [1.165, 1.54) is 24.0 Å². The van der Waals surface area contributed by atoms with Gasteiger partial charge in [0.15, 0.2) is 0 Å². The minimum atomic E-state index is 0.596. The van der Waals surface area contributed by atoms with E-state index in [1.807, 2.05) is 18.3 Å². The first-order chi connectivity index (χ1) is 9.78. The first-order valence-corrected chi connectivity index (χ1v) is 7.13. The lowest BCUT2D eigenvalue weighted by molar-refractivity contribution is 0.282. The maximum Gasteiger partial charge on any atom is 0.122 e. The van der Waals surface area contributed by atoms with Gasteiger partial charge in [-0.25, -0.2) is 0 Å². The Morgan fingerprint density at radius 1 is 1.35 bits per heavy atom. The molecule has 4 nitrogen and oxygen atoms in total. The zero-order valence-corrected chi connectivity index (χ0v) is 12.0. The molecule has 0 bridgehead atoms. The molecule has 1 aliphatic carbocycles. The van der Waals surface area contributed by atoms with Crippen LogP contribution in [0, 0.1) is 6.92 Å². The quantitative estimate of drug-likeness (QED) is 0.879. The molecule has 20 heavy (non-hydrogen) atoms. The third-order valence-corrected chi connectivity index (χ3v) is 4.23. The number of benzene rings is 1. The minimum absolute atomic E-state index is 0.596. The van der Waals surface area contributed by atoms with Gasteiger partial charge in [-0.15, -0.1) is 0 Å². The molecule has 1 aliphatic rings. The zero-order valence-electron chi connectivity index (χ0n) is 12.0. The number of aryl methyl sites for hydroxylation is 1. The zero-order chi connectivity index (χ0) is 13.9. The van der Waals surface area contributed by atoms with Gasteiger partial charge in [0.25, 0.3) is 0 Å². The van der Waals surface area contributed by atoms with E-state index in [-0.39, 0.29) is 0 Å². The van der Waals surface area contributed by atoms with Crippen molar-refractivity contribution in [2.45, 2.75) is 38.3 Å². The smallest absolute Gasteiger partial charge is 0.122 e. The molecule has 1 fully saturated rings. The van der Waals surface area contributed by atoms with Gasteiger partial charge in [-0.05, 0) is 37.3 Å².